The molecule has 2 N–H and O–H groups in total. The van der Waals surface area contributed by atoms with Gasteiger partial charge in [0.1, 0.15) is 5.82 Å². The number of anilines is 1. The van der Waals surface area contributed by atoms with Crippen molar-refractivity contribution < 1.29 is 4.39 Å². The third-order valence-corrected chi connectivity index (χ3v) is 4.61. The van der Waals surface area contributed by atoms with E-state index in [1.165, 1.54) is 6.07 Å². The second kappa shape index (κ2) is 6.71. The van der Waals surface area contributed by atoms with Gasteiger partial charge in [-0.05, 0) is 30.3 Å². The second-order valence-corrected chi connectivity index (χ2v) is 6.00. The van der Waals surface area contributed by atoms with Crippen molar-refractivity contribution >= 4 is 29.2 Å². The number of halogens is 1. The van der Waals surface area contributed by atoms with Crippen LogP contribution in [-0.4, -0.2) is 11.5 Å². The van der Waals surface area contributed by atoms with E-state index in [9.17, 15) is 4.39 Å². The van der Waals surface area contributed by atoms with Crippen LogP contribution < -0.4 is 5.73 Å². The van der Waals surface area contributed by atoms with Crippen LogP contribution in [0.5, 0.6) is 0 Å². The van der Waals surface area contributed by atoms with E-state index in [4.69, 9.17) is 5.73 Å². The van der Waals surface area contributed by atoms with Gasteiger partial charge in [-0.15, -0.1) is 23.5 Å². The Bertz CT molecular complexity index is 517. The molecule has 0 aliphatic heterocycles. The molecule has 0 atom stereocenters. The fourth-order valence-electron chi connectivity index (χ4n) is 1.48. The summed E-state index contributed by atoms with van der Waals surface area (Å²) in [6.45, 7) is 0. The average Bonchev–Trinajstić information content (AvgIpc) is 2.37. The Morgan fingerprint density at radius 1 is 0.944 bits per heavy atom. The van der Waals surface area contributed by atoms with Crippen molar-refractivity contribution in [2.24, 2.45) is 0 Å². The Morgan fingerprint density at radius 2 is 1.72 bits per heavy atom. The Morgan fingerprint density at radius 3 is 2.50 bits per heavy atom. The summed E-state index contributed by atoms with van der Waals surface area (Å²) in [6, 6.07) is 14.7. The van der Waals surface area contributed by atoms with E-state index in [-0.39, 0.29) is 5.82 Å². The van der Waals surface area contributed by atoms with Crippen LogP contribution >= 0.6 is 23.5 Å². The quantitative estimate of drug-likeness (QED) is 0.502. The number of nitrogens with two attached hydrogens (primary N) is 1. The van der Waals surface area contributed by atoms with Gasteiger partial charge in [0.25, 0.3) is 0 Å². The molecule has 4 heteroatoms. The van der Waals surface area contributed by atoms with Crippen molar-refractivity contribution in [3.8, 4) is 0 Å². The van der Waals surface area contributed by atoms with Crippen molar-refractivity contribution in [2.45, 2.75) is 9.79 Å². The number of rotatable bonds is 5. The van der Waals surface area contributed by atoms with E-state index in [0.29, 0.717) is 4.90 Å². The lowest BCUT2D eigenvalue weighted by molar-refractivity contribution is 0.602. The van der Waals surface area contributed by atoms with E-state index in [0.717, 1.165) is 22.1 Å². The van der Waals surface area contributed by atoms with Gasteiger partial charge >= 0.3 is 0 Å². The molecule has 2 aromatic carbocycles. The molecule has 0 aliphatic rings. The highest BCUT2D eigenvalue weighted by Gasteiger charge is 2.01. The molecule has 0 amide bonds. The predicted molar refractivity (Wildman–Crippen MR) is 78.7 cm³/mol. The summed E-state index contributed by atoms with van der Waals surface area (Å²) in [5.74, 6) is 1.67. The molecule has 18 heavy (non-hydrogen) atoms. The van der Waals surface area contributed by atoms with Crippen molar-refractivity contribution in [1.29, 1.82) is 0 Å². The first kappa shape index (κ1) is 13.3. The molecule has 0 radical (unpaired) electrons. The number of hydrogen-bond donors (Lipinski definition) is 1. The first-order valence-electron chi connectivity index (χ1n) is 5.61. The Balaban J connectivity index is 1.78. The van der Waals surface area contributed by atoms with Gasteiger partial charge in [-0.25, -0.2) is 4.39 Å². The SMILES string of the molecule is Nc1cccc(SCCSc2ccccc2F)c1. The molecular formula is C14H14FNS2. The summed E-state index contributed by atoms with van der Waals surface area (Å²) in [5, 5.41) is 0. The van der Waals surface area contributed by atoms with Gasteiger partial charge in [0, 0.05) is 27.0 Å². The van der Waals surface area contributed by atoms with Crippen LogP contribution in [0.4, 0.5) is 10.1 Å². The maximum absolute atomic E-state index is 13.3. The Labute approximate surface area is 115 Å². The number of thioether (sulfide) groups is 2. The third-order valence-electron chi connectivity index (χ3n) is 2.30. The molecule has 0 aromatic heterocycles. The summed E-state index contributed by atoms with van der Waals surface area (Å²) in [6.07, 6.45) is 0. The standard InChI is InChI=1S/C14H14FNS2/c15-13-6-1-2-7-14(13)18-9-8-17-12-5-3-4-11(16)10-12/h1-7,10H,8-9,16H2. The maximum Gasteiger partial charge on any atom is 0.136 e. The minimum Gasteiger partial charge on any atom is -0.399 e. The Hall–Kier alpha value is -1.13. The number of hydrogen-bond acceptors (Lipinski definition) is 3. The van der Waals surface area contributed by atoms with Gasteiger partial charge < -0.3 is 5.73 Å². The van der Waals surface area contributed by atoms with E-state index in [1.807, 2.05) is 36.4 Å². The minimum absolute atomic E-state index is 0.142. The summed E-state index contributed by atoms with van der Waals surface area (Å²) in [4.78, 5) is 1.87. The van der Waals surface area contributed by atoms with Gasteiger partial charge in [0.2, 0.25) is 0 Å². The first-order valence-corrected chi connectivity index (χ1v) is 7.58. The summed E-state index contributed by atoms with van der Waals surface area (Å²) < 4.78 is 13.3. The fraction of sp³-hybridized carbons (Fsp3) is 0.143. The third kappa shape index (κ3) is 3.96. The highest BCUT2D eigenvalue weighted by molar-refractivity contribution is 8.03. The van der Waals surface area contributed by atoms with Gasteiger partial charge in [-0.2, -0.15) is 0 Å². The van der Waals surface area contributed by atoms with E-state index in [2.05, 4.69) is 0 Å². The zero-order chi connectivity index (χ0) is 12.8. The summed E-state index contributed by atoms with van der Waals surface area (Å²) in [5.41, 5.74) is 6.49. The molecule has 1 nitrogen and oxygen atoms in total. The minimum atomic E-state index is -0.142. The largest absolute Gasteiger partial charge is 0.399 e. The molecule has 0 saturated carbocycles. The van der Waals surface area contributed by atoms with Gasteiger partial charge in [0.15, 0.2) is 0 Å². The first-order chi connectivity index (χ1) is 8.75. The van der Waals surface area contributed by atoms with Crippen molar-refractivity contribution in [2.75, 3.05) is 17.2 Å². The molecule has 2 rings (SSSR count). The average molecular weight is 279 g/mol. The van der Waals surface area contributed by atoms with E-state index in [1.54, 1.807) is 29.6 Å². The van der Waals surface area contributed by atoms with E-state index >= 15 is 0 Å². The van der Waals surface area contributed by atoms with Crippen LogP contribution in [0.2, 0.25) is 0 Å². The lowest BCUT2D eigenvalue weighted by Gasteiger charge is -2.04. The van der Waals surface area contributed by atoms with E-state index < -0.39 is 0 Å². The molecule has 0 saturated heterocycles. The highest BCUT2D eigenvalue weighted by Crippen LogP contribution is 2.25. The normalized spacial score (nSPS) is 10.5. The van der Waals surface area contributed by atoms with Crippen molar-refractivity contribution in [3.05, 3.63) is 54.3 Å². The van der Waals surface area contributed by atoms with Crippen LogP contribution in [0, 0.1) is 5.82 Å². The maximum atomic E-state index is 13.3. The second-order valence-electron chi connectivity index (χ2n) is 3.70. The van der Waals surface area contributed by atoms with Gasteiger partial charge in [-0.1, -0.05) is 18.2 Å². The zero-order valence-corrected chi connectivity index (χ0v) is 11.4. The molecular weight excluding hydrogens is 265 g/mol. The highest BCUT2D eigenvalue weighted by atomic mass is 32.2. The van der Waals surface area contributed by atoms with Gasteiger partial charge in [-0.3, -0.25) is 0 Å². The molecule has 0 bridgehead atoms. The predicted octanol–water partition coefficient (Wildman–Crippen LogP) is 4.29. The van der Waals surface area contributed by atoms with Gasteiger partial charge in [0.05, 0.1) is 0 Å². The van der Waals surface area contributed by atoms with Crippen LogP contribution in [0.3, 0.4) is 0 Å². The molecule has 0 spiro atoms. The number of nitrogen functional groups attached to an aromatic ring is 1. The molecule has 0 unspecified atom stereocenters. The summed E-state index contributed by atoms with van der Waals surface area (Å²) >= 11 is 3.28. The molecule has 0 aliphatic carbocycles. The lowest BCUT2D eigenvalue weighted by atomic mass is 10.3. The lowest BCUT2D eigenvalue weighted by Crippen LogP contribution is -1.88. The Kier molecular flexibility index (Phi) is 4.96. The zero-order valence-electron chi connectivity index (χ0n) is 9.80. The van der Waals surface area contributed by atoms with Crippen LogP contribution in [0.25, 0.3) is 0 Å². The van der Waals surface area contributed by atoms with Crippen LogP contribution in [0.15, 0.2) is 58.3 Å². The topological polar surface area (TPSA) is 26.0 Å². The van der Waals surface area contributed by atoms with Crippen molar-refractivity contribution in [1.82, 2.24) is 0 Å². The van der Waals surface area contributed by atoms with Crippen LogP contribution in [-0.2, 0) is 0 Å². The van der Waals surface area contributed by atoms with Crippen LogP contribution in [0.1, 0.15) is 0 Å². The number of benzene rings is 2. The molecule has 94 valence electrons. The fourth-order valence-corrected chi connectivity index (χ4v) is 3.37. The monoisotopic (exact) mass is 279 g/mol. The smallest absolute Gasteiger partial charge is 0.136 e. The molecule has 2 aromatic rings. The summed E-state index contributed by atoms with van der Waals surface area (Å²) in [7, 11) is 0. The molecule has 0 fully saturated rings. The molecule has 0 heterocycles. The van der Waals surface area contributed by atoms with Crippen molar-refractivity contribution in [3.63, 3.8) is 0 Å².